The molecule has 0 saturated heterocycles. The number of fused-ring (bicyclic) bond motifs is 1. The number of ether oxygens (including phenoxy) is 3. The van der Waals surface area contributed by atoms with Crippen LogP contribution in [0.2, 0.25) is 0 Å². The molecule has 4 heteroatoms. The normalized spacial score (nSPS) is 12.7. The lowest BCUT2D eigenvalue weighted by molar-refractivity contribution is 0.101. The molecule has 0 aromatic heterocycles. The highest BCUT2D eigenvalue weighted by atomic mass is 16.7. The molecule has 2 rings (SSSR count). The number of methoxy groups -OCH3 is 1. The van der Waals surface area contributed by atoms with Gasteiger partial charge in [0.2, 0.25) is 12.5 Å². The van der Waals surface area contributed by atoms with Crippen LogP contribution in [0.4, 0.5) is 0 Å². The highest BCUT2D eigenvalue weighted by Crippen LogP contribution is 2.41. The summed E-state index contributed by atoms with van der Waals surface area (Å²) in [4.78, 5) is 11.2. The molecule has 1 aromatic rings. The van der Waals surface area contributed by atoms with Gasteiger partial charge in [0.05, 0.1) is 7.11 Å². The first kappa shape index (κ1) is 8.87. The third-order valence-corrected chi connectivity index (χ3v) is 2.06. The lowest BCUT2D eigenvalue weighted by Crippen LogP contribution is -1.94. The van der Waals surface area contributed by atoms with Crippen LogP contribution in [0.25, 0.3) is 0 Å². The average molecular weight is 194 g/mol. The van der Waals surface area contributed by atoms with E-state index in [0.717, 1.165) is 0 Å². The maximum absolute atomic E-state index is 11.2. The van der Waals surface area contributed by atoms with E-state index < -0.39 is 0 Å². The second-order valence-electron chi connectivity index (χ2n) is 2.97. The molecule has 1 aliphatic rings. The third-order valence-electron chi connectivity index (χ3n) is 2.06. The van der Waals surface area contributed by atoms with Crippen molar-refractivity contribution in [3.05, 3.63) is 17.7 Å². The highest BCUT2D eigenvalue weighted by molar-refractivity contribution is 5.95. The predicted molar refractivity (Wildman–Crippen MR) is 49.1 cm³/mol. The molecule has 74 valence electrons. The molecular weight excluding hydrogens is 184 g/mol. The summed E-state index contributed by atoms with van der Waals surface area (Å²) >= 11 is 0. The number of Topliss-reactive ketones (excluding diaryl/α,β-unsaturated/α-hetero) is 1. The second-order valence-corrected chi connectivity index (χ2v) is 2.97. The Labute approximate surface area is 81.4 Å². The van der Waals surface area contributed by atoms with Crippen LogP contribution in [-0.4, -0.2) is 19.7 Å². The number of hydrogen-bond donors (Lipinski definition) is 0. The van der Waals surface area contributed by atoms with Crippen molar-refractivity contribution in [1.82, 2.24) is 0 Å². The molecule has 0 fully saturated rings. The van der Waals surface area contributed by atoms with Gasteiger partial charge in [-0.3, -0.25) is 4.79 Å². The summed E-state index contributed by atoms with van der Waals surface area (Å²) in [6.07, 6.45) is 0. The van der Waals surface area contributed by atoms with Crippen LogP contribution < -0.4 is 14.2 Å². The molecule has 1 aliphatic heterocycles. The van der Waals surface area contributed by atoms with Gasteiger partial charge in [-0.05, 0) is 19.1 Å². The fourth-order valence-corrected chi connectivity index (χ4v) is 1.33. The topological polar surface area (TPSA) is 44.8 Å². The van der Waals surface area contributed by atoms with E-state index in [9.17, 15) is 4.79 Å². The van der Waals surface area contributed by atoms with Crippen LogP contribution in [0, 0.1) is 0 Å². The van der Waals surface area contributed by atoms with Gasteiger partial charge in [-0.1, -0.05) is 0 Å². The van der Waals surface area contributed by atoms with Crippen LogP contribution in [0.5, 0.6) is 17.2 Å². The summed E-state index contributed by atoms with van der Waals surface area (Å²) in [6.45, 7) is 1.67. The van der Waals surface area contributed by atoms with Crippen molar-refractivity contribution < 1.29 is 19.0 Å². The smallest absolute Gasteiger partial charge is 0.231 e. The fraction of sp³-hybridized carbons (Fsp3) is 0.300. The maximum Gasteiger partial charge on any atom is 0.231 e. The summed E-state index contributed by atoms with van der Waals surface area (Å²) in [5.41, 5.74) is 0.561. The monoisotopic (exact) mass is 194 g/mol. The van der Waals surface area contributed by atoms with Crippen molar-refractivity contribution in [2.75, 3.05) is 13.9 Å². The van der Waals surface area contributed by atoms with E-state index in [2.05, 4.69) is 0 Å². The van der Waals surface area contributed by atoms with Gasteiger partial charge in [0.25, 0.3) is 0 Å². The Morgan fingerprint density at radius 2 is 2.21 bits per heavy atom. The first-order chi connectivity index (χ1) is 6.72. The largest absolute Gasteiger partial charge is 0.493 e. The van der Waals surface area contributed by atoms with Crippen molar-refractivity contribution in [2.24, 2.45) is 0 Å². The van der Waals surface area contributed by atoms with Gasteiger partial charge < -0.3 is 14.2 Å². The first-order valence-electron chi connectivity index (χ1n) is 4.21. The molecule has 0 bridgehead atoms. The number of rotatable bonds is 2. The summed E-state index contributed by atoms with van der Waals surface area (Å²) < 4.78 is 15.5. The summed E-state index contributed by atoms with van der Waals surface area (Å²) in [7, 11) is 1.53. The zero-order chi connectivity index (χ0) is 10.1. The Kier molecular flexibility index (Phi) is 2.04. The van der Waals surface area contributed by atoms with E-state index in [1.165, 1.54) is 14.0 Å². The minimum atomic E-state index is -0.0263. The van der Waals surface area contributed by atoms with Crippen LogP contribution in [0.3, 0.4) is 0 Å². The number of ketones is 1. The molecule has 0 amide bonds. The molecule has 1 heterocycles. The van der Waals surface area contributed by atoms with Crippen molar-refractivity contribution in [1.29, 1.82) is 0 Å². The minimum absolute atomic E-state index is 0.0263. The summed E-state index contributed by atoms with van der Waals surface area (Å²) in [6, 6.07) is 3.31. The first-order valence-corrected chi connectivity index (χ1v) is 4.21. The molecule has 14 heavy (non-hydrogen) atoms. The van der Waals surface area contributed by atoms with Crippen molar-refractivity contribution >= 4 is 5.78 Å². The van der Waals surface area contributed by atoms with E-state index in [1.54, 1.807) is 12.1 Å². The number of carbonyl (C=O) groups excluding carboxylic acids is 1. The zero-order valence-electron chi connectivity index (χ0n) is 7.99. The standard InChI is InChI=1S/C10H10O4/c1-6(11)7-3-8(12-2)10-9(4-7)13-5-14-10/h3-4H,5H2,1-2H3. The lowest BCUT2D eigenvalue weighted by atomic mass is 10.1. The zero-order valence-corrected chi connectivity index (χ0v) is 7.99. The third kappa shape index (κ3) is 1.28. The Morgan fingerprint density at radius 1 is 1.43 bits per heavy atom. The molecule has 0 radical (unpaired) electrons. The van der Waals surface area contributed by atoms with Gasteiger partial charge in [0.15, 0.2) is 17.3 Å². The molecule has 0 saturated carbocycles. The van der Waals surface area contributed by atoms with Crippen molar-refractivity contribution in [2.45, 2.75) is 6.92 Å². The Bertz CT molecular complexity index is 384. The van der Waals surface area contributed by atoms with E-state index in [1.807, 2.05) is 0 Å². The van der Waals surface area contributed by atoms with Gasteiger partial charge in [0.1, 0.15) is 0 Å². The Morgan fingerprint density at radius 3 is 2.86 bits per heavy atom. The maximum atomic E-state index is 11.2. The van der Waals surface area contributed by atoms with Crippen LogP contribution in [-0.2, 0) is 0 Å². The predicted octanol–water partition coefficient (Wildman–Crippen LogP) is 1.63. The minimum Gasteiger partial charge on any atom is -0.493 e. The van der Waals surface area contributed by atoms with Crippen molar-refractivity contribution in [3.8, 4) is 17.2 Å². The van der Waals surface area contributed by atoms with Crippen LogP contribution in [0.1, 0.15) is 17.3 Å². The molecule has 0 aliphatic carbocycles. The van der Waals surface area contributed by atoms with E-state index in [4.69, 9.17) is 14.2 Å². The molecular formula is C10H10O4. The number of hydrogen-bond acceptors (Lipinski definition) is 4. The molecule has 4 nitrogen and oxygen atoms in total. The fourth-order valence-electron chi connectivity index (χ4n) is 1.33. The Balaban J connectivity index is 2.54. The summed E-state index contributed by atoms with van der Waals surface area (Å²) in [5.74, 6) is 1.64. The van der Waals surface area contributed by atoms with Crippen molar-refractivity contribution in [3.63, 3.8) is 0 Å². The molecule has 0 atom stereocenters. The van der Waals surface area contributed by atoms with E-state index in [0.29, 0.717) is 22.8 Å². The van der Waals surface area contributed by atoms with Gasteiger partial charge in [-0.2, -0.15) is 0 Å². The molecule has 0 spiro atoms. The van der Waals surface area contributed by atoms with Gasteiger partial charge >= 0.3 is 0 Å². The SMILES string of the molecule is COc1cc(C(C)=O)cc2c1OCO2. The quantitative estimate of drug-likeness (QED) is 0.671. The van der Waals surface area contributed by atoms with E-state index >= 15 is 0 Å². The van der Waals surface area contributed by atoms with Crippen LogP contribution in [0.15, 0.2) is 12.1 Å². The second kappa shape index (κ2) is 3.21. The number of carbonyl (C=O) groups is 1. The highest BCUT2D eigenvalue weighted by Gasteiger charge is 2.20. The van der Waals surface area contributed by atoms with E-state index in [-0.39, 0.29) is 12.6 Å². The molecule has 0 unspecified atom stereocenters. The van der Waals surface area contributed by atoms with Gasteiger partial charge in [-0.15, -0.1) is 0 Å². The lowest BCUT2D eigenvalue weighted by Gasteiger charge is -2.05. The molecule has 1 aromatic carbocycles. The summed E-state index contributed by atoms with van der Waals surface area (Å²) in [5, 5.41) is 0. The van der Waals surface area contributed by atoms with Gasteiger partial charge in [0, 0.05) is 5.56 Å². The van der Waals surface area contributed by atoms with Gasteiger partial charge in [-0.25, -0.2) is 0 Å². The van der Waals surface area contributed by atoms with Crippen LogP contribution >= 0.6 is 0 Å². The Hall–Kier alpha value is -1.71. The molecule has 0 N–H and O–H groups in total. The number of benzene rings is 1. The average Bonchev–Trinajstić information content (AvgIpc) is 2.63.